The fourth-order valence-corrected chi connectivity index (χ4v) is 2.15. The zero-order chi connectivity index (χ0) is 18.2. The van der Waals surface area contributed by atoms with Crippen LogP contribution in [0.25, 0.3) is 6.08 Å². The van der Waals surface area contributed by atoms with Crippen LogP contribution in [0.1, 0.15) is 29.8 Å². The molecule has 25 heavy (non-hydrogen) atoms. The van der Waals surface area contributed by atoms with Gasteiger partial charge in [-0.25, -0.2) is 4.79 Å². The number of ether oxygens (including phenoxy) is 3. The molecule has 0 heterocycles. The van der Waals surface area contributed by atoms with Gasteiger partial charge in [-0.05, 0) is 55.8 Å². The number of benzene rings is 2. The number of hydrogen-bond donors (Lipinski definition) is 0. The highest BCUT2D eigenvalue weighted by molar-refractivity contribution is 5.94. The fourth-order valence-electron chi connectivity index (χ4n) is 2.15. The monoisotopic (exact) mass is 340 g/mol. The molecule has 2 aromatic carbocycles. The Labute approximate surface area is 146 Å². The number of hydrogen-bond acceptors (Lipinski definition) is 5. The van der Waals surface area contributed by atoms with Gasteiger partial charge >= 0.3 is 5.97 Å². The van der Waals surface area contributed by atoms with E-state index in [0.717, 1.165) is 5.56 Å². The van der Waals surface area contributed by atoms with E-state index in [1.165, 1.54) is 14.0 Å². The molecule has 0 aliphatic heterocycles. The Balaban J connectivity index is 1.96. The summed E-state index contributed by atoms with van der Waals surface area (Å²) in [6, 6.07) is 11.8. The molecule has 0 aliphatic carbocycles. The van der Waals surface area contributed by atoms with E-state index in [1.54, 1.807) is 30.3 Å². The van der Waals surface area contributed by atoms with E-state index >= 15 is 0 Å². The molecule has 5 nitrogen and oxygen atoms in total. The van der Waals surface area contributed by atoms with Crippen molar-refractivity contribution in [2.45, 2.75) is 13.8 Å². The standard InChI is InChI=1S/C20H20O5/c1-4-5-15-6-11-18(19(12-15)23-3)24-13-20(22)25-17-9-7-16(8-10-17)14(2)21/h4-12H,13H2,1-3H3/b5-4+. The number of carbonyl (C=O) groups is 2. The average Bonchev–Trinajstić information content (AvgIpc) is 2.61. The van der Waals surface area contributed by atoms with Crippen molar-refractivity contribution in [2.24, 2.45) is 0 Å². The summed E-state index contributed by atoms with van der Waals surface area (Å²) in [5.74, 6) is 0.757. The van der Waals surface area contributed by atoms with Gasteiger partial charge in [0.15, 0.2) is 23.9 Å². The van der Waals surface area contributed by atoms with E-state index in [1.807, 2.05) is 31.2 Å². The van der Waals surface area contributed by atoms with Crippen LogP contribution in [0.3, 0.4) is 0 Å². The molecule has 0 aromatic heterocycles. The lowest BCUT2D eigenvalue weighted by Crippen LogP contribution is -2.18. The summed E-state index contributed by atoms with van der Waals surface area (Å²) < 4.78 is 15.9. The van der Waals surface area contributed by atoms with E-state index in [2.05, 4.69) is 0 Å². The van der Waals surface area contributed by atoms with Crippen LogP contribution in [0.5, 0.6) is 17.2 Å². The van der Waals surface area contributed by atoms with Crippen molar-refractivity contribution in [2.75, 3.05) is 13.7 Å². The van der Waals surface area contributed by atoms with Gasteiger partial charge in [0, 0.05) is 5.56 Å². The van der Waals surface area contributed by atoms with Crippen LogP contribution >= 0.6 is 0 Å². The number of Topliss-reactive ketones (excluding diaryl/α,β-unsaturated/α-hetero) is 1. The van der Waals surface area contributed by atoms with Crippen molar-refractivity contribution >= 4 is 17.8 Å². The van der Waals surface area contributed by atoms with Crippen LogP contribution in [0.15, 0.2) is 48.5 Å². The minimum Gasteiger partial charge on any atom is -0.493 e. The normalized spacial score (nSPS) is 10.5. The molecule has 0 bridgehead atoms. The van der Waals surface area contributed by atoms with E-state index in [4.69, 9.17) is 14.2 Å². The van der Waals surface area contributed by atoms with Crippen LogP contribution in [0, 0.1) is 0 Å². The molecule has 2 aromatic rings. The van der Waals surface area contributed by atoms with Gasteiger partial charge in [0.2, 0.25) is 0 Å². The van der Waals surface area contributed by atoms with Gasteiger partial charge in [-0.1, -0.05) is 18.2 Å². The van der Waals surface area contributed by atoms with E-state index in [0.29, 0.717) is 22.8 Å². The lowest BCUT2D eigenvalue weighted by molar-refractivity contribution is -0.136. The second-order valence-electron chi connectivity index (χ2n) is 5.25. The number of carbonyl (C=O) groups excluding carboxylic acids is 2. The van der Waals surface area contributed by atoms with Crippen LogP contribution in [0.2, 0.25) is 0 Å². The summed E-state index contributed by atoms with van der Waals surface area (Å²) >= 11 is 0. The summed E-state index contributed by atoms with van der Waals surface area (Å²) in [6.45, 7) is 3.15. The van der Waals surface area contributed by atoms with Gasteiger partial charge in [-0.15, -0.1) is 0 Å². The van der Waals surface area contributed by atoms with Crippen molar-refractivity contribution in [3.8, 4) is 17.2 Å². The lowest BCUT2D eigenvalue weighted by Gasteiger charge is -2.11. The Morgan fingerprint density at radius 1 is 1.04 bits per heavy atom. The quantitative estimate of drug-likeness (QED) is 0.434. The van der Waals surface area contributed by atoms with Gasteiger partial charge in [-0.2, -0.15) is 0 Å². The first-order valence-corrected chi connectivity index (χ1v) is 7.78. The smallest absolute Gasteiger partial charge is 0.349 e. The molecule has 0 aliphatic rings. The number of rotatable bonds is 7. The molecule has 0 atom stereocenters. The molecule has 0 unspecified atom stereocenters. The largest absolute Gasteiger partial charge is 0.493 e. The first kappa shape index (κ1) is 18.3. The molecule has 0 fully saturated rings. The third-order valence-electron chi connectivity index (χ3n) is 3.38. The second-order valence-corrected chi connectivity index (χ2v) is 5.25. The molecular weight excluding hydrogens is 320 g/mol. The summed E-state index contributed by atoms with van der Waals surface area (Å²) in [5.41, 5.74) is 1.53. The highest BCUT2D eigenvalue weighted by Crippen LogP contribution is 2.28. The highest BCUT2D eigenvalue weighted by atomic mass is 16.6. The maximum Gasteiger partial charge on any atom is 0.349 e. The Hall–Kier alpha value is -3.08. The predicted octanol–water partition coefficient (Wildman–Crippen LogP) is 3.92. The minimum atomic E-state index is -0.546. The third kappa shape index (κ3) is 5.21. The lowest BCUT2D eigenvalue weighted by atomic mass is 10.1. The Bertz CT molecular complexity index is 775. The van der Waals surface area contributed by atoms with Gasteiger partial charge in [0.05, 0.1) is 7.11 Å². The molecule has 5 heteroatoms. The molecule has 0 N–H and O–H groups in total. The SMILES string of the molecule is C/C=C/c1ccc(OCC(=O)Oc2ccc(C(C)=O)cc2)c(OC)c1. The first-order valence-electron chi connectivity index (χ1n) is 7.78. The van der Waals surface area contributed by atoms with Crippen molar-refractivity contribution in [1.29, 1.82) is 0 Å². The van der Waals surface area contributed by atoms with E-state index in [-0.39, 0.29) is 12.4 Å². The third-order valence-corrected chi connectivity index (χ3v) is 3.38. The van der Waals surface area contributed by atoms with Crippen molar-refractivity contribution in [1.82, 2.24) is 0 Å². The Morgan fingerprint density at radius 2 is 1.76 bits per heavy atom. The summed E-state index contributed by atoms with van der Waals surface area (Å²) in [5, 5.41) is 0. The highest BCUT2D eigenvalue weighted by Gasteiger charge is 2.10. The summed E-state index contributed by atoms with van der Waals surface area (Å²) in [7, 11) is 1.54. The fraction of sp³-hybridized carbons (Fsp3) is 0.200. The molecule has 0 radical (unpaired) electrons. The molecule has 0 amide bonds. The molecule has 0 spiro atoms. The molecule has 0 saturated carbocycles. The van der Waals surface area contributed by atoms with Crippen molar-refractivity contribution in [3.63, 3.8) is 0 Å². The molecule has 130 valence electrons. The summed E-state index contributed by atoms with van der Waals surface area (Å²) in [6.07, 6.45) is 3.86. The zero-order valence-corrected chi connectivity index (χ0v) is 14.4. The van der Waals surface area contributed by atoms with Gasteiger partial charge in [-0.3, -0.25) is 4.79 Å². The number of esters is 1. The number of methoxy groups -OCH3 is 1. The maximum absolute atomic E-state index is 11.9. The van der Waals surface area contributed by atoms with E-state index < -0.39 is 5.97 Å². The second kappa shape index (κ2) is 8.68. The average molecular weight is 340 g/mol. The van der Waals surface area contributed by atoms with Crippen LogP contribution in [0.4, 0.5) is 0 Å². The van der Waals surface area contributed by atoms with Crippen LogP contribution in [-0.4, -0.2) is 25.5 Å². The molecule has 2 rings (SSSR count). The van der Waals surface area contributed by atoms with Gasteiger partial charge < -0.3 is 14.2 Å². The Morgan fingerprint density at radius 3 is 2.36 bits per heavy atom. The first-order chi connectivity index (χ1) is 12.0. The van der Waals surface area contributed by atoms with Gasteiger partial charge in [0.1, 0.15) is 5.75 Å². The zero-order valence-electron chi connectivity index (χ0n) is 14.4. The van der Waals surface area contributed by atoms with Crippen LogP contribution < -0.4 is 14.2 Å². The maximum atomic E-state index is 11.9. The number of allylic oxidation sites excluding steroid dienone is 1. The van der Waals surface area contributed by atoms with Gasteiger partial charge in [0.25, 0.3) is 0 Å². The minimum absolute atomic E-state index is 0.0466. The number of ketones is 1. The predicted molar refractivity (Wildman–Crippen MR) is 95.3 cm³/mol. The molecular formula is C20H20O5. The van der Waals surface area contributed by atoms with Crippen molar-refractivity contribution < 1.29 is 23.8 Å². The Kier molecular flexibility index (Phi) is 6.34. The molecule has 0 saturated heterocycles. The van der Waals surface area contributed by atoms with Crippen LogP contribution in [-0.2, 0) is 4.79 Å². The topological polar surface area (TPSA) is 61.8 Å². The van der Waals surface area contributed by atoms with Crippen molar-refractivity contribution in [3.05, 3.63) is 59.7 Å². The summed E-state index contributed by atoms with van der Waals surface area (Å²) in [4.78, 5) is 23.1. The van der Waals surface area contributed by atoms with E-state index in [9.17, 15) is 9.59 Å².